The first kappa shape index (κ1) is 14.3. The normalized spacial score (nSPS) is 14.4. The van der Waals surface area contributed by atoms with Crippen molar-refractivity contribution in [2.24, 2.45) is 0 Å². The summed E-state index contributed by atoms with van der Waals surface area (Å²) in [7, 11) is 3.30. The van der Waals surface area contributed by atoms with E-state index in [4.69, 9.17) is 14.9 Å². The van der Waals surface area contributed by atoms with E-state index in [0.717, 1.165) is 36.0 Å². The van der Waals surface area contributed by atoms with Gasteiger partial charge in [-0.1, -0.05) is 0 Å². The fourth-order valence-electron chi connectivity index (χ4n) is 2.58. The lowest BCUT2D eigenvalue weighted by atomic mass is 10.3. The molecule has 1 aliphatic rings. The predicted molar refractivity (Wildman–Crippen MR) is 88.4 cm³/mol. The van der Waals surface area contributed by atoms with Crippen molar-refractivity contribution in [2.45, 2.75) is 0 Å². The van der Waals surface area contributed by atoms with Crippen LogP contribution in [0.15, 0.2) is 48.5 Å². The fourth-order valence-corrected chi connectivity index (χ4v) is 2.58. The third-order valence-corrected chi connectivity index (χ3v) is 3.83. The standard InChI is InChI=1S/C17H19N3O2/c1-21-15-7-3-13(4-8-15)19-11-12-20(17(19)18)14-5-9-16(22-2)10-6-14/h3-10,18H,11-12H2,1-2H3. The highest BCUT2D eigenvalue weighted by molar-refractivity contribution is 6.07. The first-order valence-corrected chi connectivity index (χ1v) is 7.14. The van der Waals surface area contributed by atoms with Crippen molar-refractivity contribution >= 4 is 17.3 Å². The Morgan fingerprint density at radius 1 is 0.727 bits per heavy atom. The molecule has 1 heterocycles. The van der Waals surface area contributed by atoms with E-state index in [1.54, 1.807) is 14.2 Å². The molecular formula is C17H19N3O2. The van der Waals surface area contributed by atoms with Crippen molar-refractivity contribution in [2.75, 3.05) is 37.1 Å². The van der Waals surface area contributed by atoms with Gasteiger partial charge in [-0.2, -0.15) is 0 Å². The van der Waals surface area contributed by atoms with Gasteiger partial charge in [0.25, 0.3) is 0 Å². The van der Waals surface area contributed by atoms with Gasteiger partial charge in [-0.25, -0.2) is 0 Å². The molecule has 3 rings (SSSR count). The number of nitrogens with one attached hydrogen (secondary N) is 1. The van der Waals surface area contributed by atoms with Gasteiger partial charge in [0.15, 0.2) is 0 Å². The van der Waals surface area contributed by atoms with Crippen LogP contribution >= 0.6 is 0 Å². The zero-order chi connectivity index (χ0) is 15.5. The largest absolute Gasteiger partial charge is 0.497 e. The lowest BCUT2D eigenvalue weighted by Crippen LogP contribution is -2.32. The van der Waals surface area contributed by atoms with Crippen molar-refractivity contribution in [3.05, 3.63) is 48.5 Å². The third kappa shape index (κ3) is 2.57. The van der Waals surface area contributed by atoms with Gasteiger partial charge in [0.05, 0.1) is 14.2 Å². The van der Waals surface area contributed by atoms with E-state index in [1.807, 2.05) is 58.3 Å². The second kappa shape index (κ2) is 5.97. The van der Waals surface area contributed by atoms with Gasteiger partial charge in [-0.15, -0.1) is 0 Å². The van der Waals surface area contributed by atoms with E-state index in [9.17, 15) is 0 Å². The number of anilines is 2. The number of nitrogens with zero attached hydrogens (tertiary/aromatic N) is 2. The van der Waals surface area contributed by atoms with E-state index in [0.29, 0.717) is 5.96 Å². The minimum Gasteiger partial charge on any atom is -0.497 e. The molecule has 0 aliphatic carbocycles. The Hall–Kier alpha value is -2.69. The molecule has 1 aliphatic heterocycles. The van der Waals surface area contributed by atoms with Crippen molar-refractivity contribution in [1.29, 1.82) is 5.41 Å². The number of benzene rings is 2. The highest BCUT2D eigenvalue weighted by atomic mass is 16.5. The molecule has 114 valence electrons. The van der Waals surface area contributed by atoms with E-state index >= 15 is 0 Å². The summed E-state index contributed by atoms with van der Waals surface area (Å²) in [6.07, 6.45) is 0. The molecule has 1 saturated heterocycles. The maximum Gasteiger partial charge on any atom is 0.202 e. The highest BCUT2D eigenvalue weighted by Gasteiger charge is 2.27. The average molecular weight is 297 g/mol. The molecule has 0 atom stereocenters. The smallest absolute Gasteiger partial charge is 0.202 e. The van der Waals surface area contributed by atoms with Crippen molar-refractivity contribution in [3.63, 3.8) is 0 Å². The molecule has 2 aromatic rings. The second-order valence-corrected chi connectivity index (χ2v) is 5.02. The summed E-state index contributed by atoms with van der Waals surface area (Å²) >= 11 is 0. The molecule has 0 unspecified atom stereocenters. The minimum absolute atomic E-state index is 0.482. The Balaban J connectivity index is 1.78. The second-order valence-electron chi connectivity index (χ2n) is 5.02. The van der Waals surface area contributed by atoms with Crippen LogP contribution < -0.4 is 19.3 Å². The Morgan fingerprint density at radius 2 is 1.09 bits per heavy atom. The zero-order valence-corrected chi connectivity index (χ0v) is 12.7. The molecule has 5 heteroatoms. The van der Waals surface area contributed by atoms with Crippen LogP contribution in [-0.2, 0) is 0 Å². The SMILES string of the molecule is COc1ccc(N2CCN(c3ccc(OC)cc3)C2=N)cc1. The number of hydrogen-bond acceptors (Lipinski definition) is 3. The minimum atomic E-state index is 0.482. The summed E-state index contributed by atoms with van der Waals surface area (Å²) in [5.41, 5.74) is 2.00. The summed E-state index contributed by atoms with van der Waals surface area (Å²) in [5.74, 6) is 2.12. The van der Waals surface area contributed by atoms with Crippen LogP contribution in [0.2, 0.25) is 0 Å². The van der Waals surface area contributed by atoms with Gasteiger partial charge in [-0.3, -0.25) is 5.41 Å². The van der Waals surface area contributed by atoms with Gasteiger partial charge < -0.3 is 19.3 Å². The molecule has 2 aromatic carbocycles. The van der Waals surface area contributed by atoms with Crippen LogP contribution in [0, 0.1) is 5.41 Å². The molecule has 5 nitrogen and oxygen atoms in total. The molecule has 1 N–H and O–H groups in total. The first-order valence-electron chi connectivity index (χ1n) is 7.14. The van der Waals surface area contributed by atoms with Crippen LogP contribution in [-0.4, -0.2) is 33.3 Å². The average Bonchev–Trinajstić information content (AvgIpc) is 2.96. The van der Waals surface area contributed by atoms with Crippen molar-refractivity contribution in [1.82, 2.24) is 0 Å². The number of ether oxygens (including phenoxy) is 2. The molecule has 0 aromatic heterocycles. The van der Waals surface area contributed by atoms with Crippen LogP contribution in [0.3, 0.4) is 0 Å². The van der Waals surface area contributed by atoms with Crippen molar-refractivity contribution in [3.8, 4) is 11.5 Å². The Bertz CT molecular complexity index is 595. The number of hydrogen-bond donors (Lipinski definition) is 1. The summed E-state index contributed by atoms with van der Waals surface area (Å²) in [5, 5.41) is 8.42. The van der Waals surface area contributed by atoms with Crippen LogP contribution in [0.25, 0.3) is 0 Å². The lowest BCUT2D eigenvalue weighted by Gasteiger charge is -2.22. The van der Waals surface area contributed by atoms with E-state index < -0.39 is 0 Å². The van der Waals surface area contributed by atoms with Crippen LogP contribution in [0.4, 0.5) is 11.4 Å². The molecule has 0 radical (unpaired) electrons. The Kier molecular flexibility index (Phi) is 3.87. The summed E-state index contributed by atoms with van der Waals surface area (Å²) in [6.45, 7) is 1.58. The lowest BCUT2D eigenvalue weighted by molar-refractivity contribution is 0.414. The number of guanidine groups is 1. The predicted octanol–water partition coefficient (Wildman–Crippen LogP) is 2.97. The van der Waals surface area contributed by atoms with Gasteiger partial charge in [0.2, 0.25) is 5.96 Å². The zero-order valence-electron chi connectivity index (χ0n) is 12.7. The number of rotatable bonds is 4. The van der Waals surface area contributed by atoms with Gasteiger partial charge in [-0.05, 0) is 48.5 Å². The third-order valence-electron chi connectivity index (χ3n) is 3.83. The Labute approximate surface area is 130 Å². The molecular weight excluding hydrogens is 278 g/mol. The van der Waals surface area contributed by atoms with Gasteiger partial charge in [0.1, 0.15) is 11.5 Å². The maximum absolute atomic E-state index is 8.42. The van der Waals surface area contributed by atoms with Crippen LogP contribution in [0.5, 0.6) is 11.5 Å². The van der Waals surface area contributed by atoms with E-state index in [1.165, 1.54) is 0 Å². The quantitative estimate of drug-likeness (QED) is 0.942. The summed E-state index contributed by atoms with van der Waals surface area (Å²) < 4.78 is 10.4. The summed E-state index contributed by atoms with van der Waals surface area (Å²) in [6, 6.07) is 15.6. The highest BCUT2D eigenvalue weighted by Crippen LogP contribution is 2.27. The molecule has 0 saturated carbocycles. The first-order chi connectivity index (χ1) is 10.7. The van der Waals surface area contributed by atoms with E-state index in [2.05, 4.69) is 0 Å². The van der Waals surface area contributed by atoms with Crippen LogP contribution in [0.1, 0.15) is 0 Å². The van der Waals surface area contributed by atoms with Crippen molar-refractivity contribution < 1.29 is 9.47 Å². The van der Waals surface area contributed by atoms with Gasteiger partial charge in [0, 0.05) is 24.5 Å². The number of methoxy groups -OCH3 is 2. The molecule has 0 bridgehead atoms. The van der Waals surface area contributed by atoms with Gasteiger partial charge >= 0.3 is 0 Å². The molecule has 0 spiro atoms. The molecule has 22 heavy (non-hydrogen) atoms. The summed E-state index contributed by atoms with van der Waals surface area (Å²) in [4.78, 5) is 3.98. The molecule has 0 amide bonds. The maximum atomic E-state index is 8.42. The monoisotopic (exact) mass is 297 g/mol. The van der Waals surface area contributed by atoms with E-state index in [-0.39, 0.29) is 0 Å². The Morgan fingerprint density at radius 3 is 1.41 bits per heavy atom. The topological polar surface area (TPSA) is 48.8 Å². The fraction of sp³-hybridized carbons (Fsp3) is 0.235. The molecule has 1 fully saturated rings.